The van der Waals surface area contributed by atoms with Crippen molar-refractivity contribution in [1.29, 1.82) is 0 Å². The highest BCUT2D eigenvalue weighted by atomic mass is 14.7. The van der Waals surface area contributed by atoms with Gasteiger partial charge in [0.1, 0.15) is 0 Å². The van der Waals surface area contributed by atoms with Crippen molar-refractivity contribution in [2.45, 2.75) is 52.9 Å². The van der Waals surface area contributed by atoms with E-state index in [0.29, 0.717) is 5.41 Å². The van der Waals surface area contributed by atoms with Gasteiger partial charge in [-0.2, -0.15) is 0 Å². The Hall–Kier alpha value is -0.850. The van der Waals surface area contributed by atoms with Gasteiger partial charge in [0.25, 0.3) is 0 Å². The lowest BCUT2D eigenvalue weighted by atomic mass is 9.69. The van der Waals surface area contributed by atoms with Crippen LogP contribution in [0.1, 0.15) is 52.9 Å². The van der Waals surface area contributed by atoms with Gasteiger partial charge in [-0.15, -0.1) is 0 Å². The molecule has 2 rings (SSSR count). The van der Waals surface area contributed by atoms with Crippen LogP contribution in [-0.2, 0) is 0 Å². The highest BCUT2D eigenvalue weighted by molar-refractivity contribution is 5.89. The largest absolute Gasteiger partial charge is 0.265 e. The zero-order chi connectivity index (χ0) is 12.3. The summed E-state index contributed by atoms with van der Waals surface area (Å²) < 4.78 is 0. The van der Waals surface area contributed by atoms with Crippen molar-refractivity contribution in [3.63, 3.8) is 0 Å². The maximum Gasteiger partial charge on any atom is 0.0267 e. The van der Waals surface area contributed by atoms with Crippen LogP contribution in [0, 0.1) is 17.3 Å². The van der Waals surface area contributed by atoms with E-state index in [0.717, 1.165) is 18.3 Å². The van der Waals surface area contributed by atoms with Crippen molar-refractivity contribution in [3.8, 4) is 0 Å². The molecule has 0 aromatic carbocycles. The van der Waals surface area contributed by atoms with Crippen LogP contribution >= 0.6 is 0 Å². The topological polar surface area (TPSA) is 12.4 Å². The highest BCUT2D eigenvalue weighted by Gasteiger charge is 2.31. The average molecular weight is 231 g/mol. The lowest BCUT2D eigenvalue weighted by Crippen LogP contribution is -2.28. The van der Waals surface area contributed by atoms with Crippen LogP contribution in [-0.4, -0.2) is 5.71 Å². The number of aliphatic imine (C=N–C) groups is 1. The van der Waals surface area contributed by atoms with Gasteiger partial charge in [-0.05, 0) is 49.0 Å². The summed E-state index contributed by atoms with van der Waals surface area (Å²) in [5.74, 6) is 1.64. The Morgan fingerprint density at radius 1 is 1.06 bits per heavy atom. The van der Waals surface area contributed by atoms with Gasteiger partial charge >= 0.3 is 0 Å². The van der Waals surface area contributed by atoms with E-state index in [4.69, 9.17) is 0 Å². The van der Waals surface area contributed by atoms with Gasteiger partial charge in [0.15, 0.2) is 0 Å². The molecule has 2 aliphatic rings. The molecule has 94 valence electrons. The first kappa shape index (κ1) is 12.6. The molecule has 0 aromatic heterocycles. The second kappa shape index (κ2) is 5.20. The molecule has 0 radical (unpaired) electrons. The van der Waals surface area contributed by atoms with Gasteiger partial charge in [0.2, 0.25) is 0 Å². The third kappa shape index (κ3) is 3.31. The Kier molecular flexibility index (Phi) is 3.86. The molecule has 0 bridgehead atoms. The maximum absolute atomic E-state index is 4.61. The molecule has 1 heterocycles. The van der Waals surface area contributed by atoms with Gasteiger partial charge in [-0.1, -0.05) is 32.9 Å². The molecule has 0 unspecified atom stereocenters. The van der Waals surface area contributed by atoms with Crippen LogP contribution in [0.2, 0.25) is 0 Å². The normalized spacial score (nSPS) is 29.9. The van der Waals surface area contributed by atoms with E-state index in [1.165, 1.54) is 31.4 Å². The molecule has 0 aromatic rings. The van der Waals surface area contributed by atoms with Crippen LogP contribution in [0.3, 0.4) is 0 Å². The molecule has 1 heteroatoms. The average Bonchev–Trinajstić information content (AvgIpc) is 2.56. The molecular formula is C16H25N. The standard InChI is InChI=1S/C16H25N/c1-16(2,3)14-10-8-13(9-11-14)15-7-5-4-6-12-17-15/h4-6,12-14H,7-11H2,1-3H3. The van der Waals surface area contributed by atoms with E-state index in [9.17, 15) is 0 Å². The molecule has 0 spiro atoms. The highest BCUT2D eigenvalue weighted by Crippen LogP contribution is 2.40. The summed E-state index contributed by atoms with van der Waals surface area (Å²) in [4.78, 5) is 4.61. The molecule has 1 fully saturated rings. The van der Waals surface area contributed by atoms with Gasteiger partial charge in [-0.3, -0.25) is 4.99 Å². The minimum atomic E-state index is 0.482. The minimum Gasteiger partial charge on any atom is -0.265 e. The Balaban J connectivity index is 1.93. The van der Waals surface area contributed by atoms with E-state index in [-0.39, 0.29) is 0 Å². The van der Waals surface area contributed by atoms with Gasteiger partial charge in [-0.25, -0.2) is 0 Å². The van der Waals surface area contributed by atoms with Crippen LogP contribution in [0.5, 0.6) is 0 Å². The van der Waals surface area contributed by atoms with Crippen LogP contribution in [0.15, 0.2) is 29.4 Å². The van der Waals surface area contributed by atoms with Crippen LogP contribution < -0.4 is 0 Å². The molecule has 0 amide bonds. The van der Waals surface area contributed by atoms with Crippen LogP contribution in [0.25, 0.3) is 0 Å². The second-order valence-corrected chi connectivity index (χ2v) is 6.51. The molecule has 0 atom stereocenters. The predicted molar refractivity (Wildman–Crippen MR) is 75.2 cm³/mol. The Morgan fingerprint density at radius 2 is 1.76 bits per heavy atom. The molecule has 1 saturated carbocycles. The monoisotopic (exact) mass is 231 g/mol. The van der Waals surface area contributed by atoms with Crippen LogP contribution in [0.4, 0.5) is 0 Å². The minimum absolute atomic E-state index is 0.482. The summed E-state index contributed by atoms with van der Waals surface area (Å²) in [7, 11) is 0. The Morgan fingerprint density at radius 3 is 2.41 bits per heavy atom. The summed E-state index contributed by atoms with van der Waals surface area (Å²) in [6.07, 6.45) is 14.8. The quantitative estimate of drug-likeness (QED) is 0.617. The molecule has 1 nitrogen and oxygen atoms in total. The van der Waals surface area contributed by atoms with Gasteiger partial charge in [0, 0.05) is 18.3 Å². The summed E-state index contributed by atoms with van der Waals surface area (Å²) in [5, 5.41) is 0. The smallest absolute Gasteiger partial charge is 0.0267 e. The van der Waals surface area contributed by atoms with Gasteiger partial charge < -0.3 is 0 Å². The molecule has 17 heavy (non-hydrogen) atoms. The Labute approximate surface area is 106 Å². The predicted octanol–water partition coefficient (Wildman–Crippen LogP) is 4.75. The fourth-order valence-electron chi connectivity index (χ4n) is 3.07. The van der Waals surface area contributed by atoms with Crippen molar-refractivity contribution in [2.24, 2.45) is 22.2 Å². The molecule has 1 aliphatic carbocycles. The van der Waals surface area contributed by atoms with E-state index in [1.54, 1.807) is 0 Å². The Bertz CT molecular complexity index is 333. The SMILES string of the molecule is CC(C)(C)C1CCC(C2=NC=CC=CC2)CC1. The number of allylic oxidation sites excluding steroid dienone is 3. The van der Waals surface area contributed by atoms with E-state index >= 15 is 0 Å². The summed E-state index contributed by atoms with van der Waals surface area (Å²) >= 11 is 0. The van der Waals surface area contributed by atoms with E-state index in [2.05, 4.69) is 37.9 Å². The lowest BCUT2D eigenvalue weighted by molar-refractivity contribution is 0.166. The van der Waals surface area contributed by atoms with Gasteiger partial charge in [0.05, 0.1) is 0 Å². The summed E-state index contributed by atoms with van der Waals surface area (Å²) in [6, 6.07) is 0. The number of nitrogens with zero attached hydrogens (tertiary/aromatic N) is 1. The fraction of sp³-hybridized carbons (Fsp3) is 0.688. The number of rotatable bonds is 1. The first-order valence-corrected chi connectivity index (χ1v) is 6.95. The zero-order valence-electron chi connectivity index (χ0n) is 11.4. The molecule has 0 saturated heterocycles. The lowest BCUT2D eigenvalue weighted by Gasteiger charge is -2.37. The summed E-state index contributed by atoms with van der Waals surface area (Å²) in [6.45, 7) is 7.14. The van der Waals surface area contributed by atoms with Crippen molar-refractivity contribution in [2.75, 3.05) is 0 Å². The van der Waals surface area contributed by atoms with Crippen molar-refractivity contribution in [1.82, 2.24) is 0 Å². The van der Waals surface area contributed by atoms with Crippen molar-refractivity contribution in [3.05, 3.63) is 24.4 Å². The fourth-order valence-corrected chi connectivity index (χ4v) is 3.07. The van der Waals surface area contributed by atoms with E-state index < -0.39 is 0 Å². The third-order valence-corrected chi connectivity index (χ3v) is 4.32. The van der Waals surface area contributed by atoms with Crippen molar-refractivity contribution >= 4 is 5.71 Å². The number of hydrogen-bond donors (Lipinski definition) is 0. The maximum atomic E-state index is 4.61. The molecular weight excluding hydrogens is 206 g/mol. The summed E-state index contributed by atoms with van der Waals surface area (Å²) in [5.41, 5.74) is 1.89. The third-order valence-electron chi connectivity index (χ3n) is 4.32. The zero-order valence-corrected chi connectivity index (χ0v) is 11.4. The first-order valence-electron chi connectivity index (χ1n) is 6.95. The molecule has 0 N–H and O–H groups in total. The number of hydrogen-bond acceptors (Lipinski definition) is 1. The van der Waals surface area contributed by atoms with E-state index in [1.807, 2.05) is 12.3 Å². The second-order valence-electron chi connectivity index (χ2n) is 6.51. The molecule has 1 aliphatic heterocycles. The van der Waals surface area contributed by atoms with Crippen molar-refractivity contribution < 1.29 is 0 Å². The first-order chi connectivity index (χ1) is 8.07.